The molecule has 0 spiro atoms. The lowest BCUT2D eigenvalue weighted by Gasteiger charge is -2.11. The molecule has 0 saturated carbocycles. The van der Waals surface area contributed by atoms with Gasteiger partial charge in [0.2, 0.25) is 10.0 Å². The average molecular weight is 267 g/mol. The van der Waals surface area contributed by atoms with Gasteiger partial charge in [0.25, 0.3) is 5.69 Å². The van der Waals surface area contributed by atoms with Gasteiger partial charge in [0.15, 0.2) is 0 Å². The van der Waals surface area contributed by atoms with E-state index in [1.807, 2.05) is 5.92 Å². The van der Waals surface area contributed by atoms with Crippen LogP contribution in [0.15, 0.2) is 18.2 Å². The number of nitrogens with one attached hydrogen (secondary N) is 1. The first kappa shape index (κ1) is 14.0. The van der Waals surface area contributed by atoms with Crippen molar-refractivity contribution in [3.63, 3.8) is 0 Å². The summed E-state index contributed by atoms with van der Waals surface area (Å²) < 4.78 is 25.5. The second-order valence-corrected chi connectivity index (χ2v) is 6.05. The van der Waals surface area contributed by atoms with Crippen LogP contribution in [0.1, 0.15) is 19.4 Å². The van der Waals surface area contributed by atoms with Crippen LogP contribution >= 0.6 is 0 Å². The number of hydrogen-bond acceptors (Lipinski definition) is 4. The van der Waals surface area contributed by atoms with E-state index in [0.717, 1.165) is 6.07 Å². The van der Waals surface area contributed by atoms with E-state index in [2.05, 4.69) is 4.72 Å². The highest BCUT2D eigenvalue weighted by Crippen LogP contribution is 2.26. The lowest BCUT2D eigenvalue weighted by atomic mass is 10.2. The van der Waals surface area contributed by atoms with E-state index in [-0.39, 0.29) is 16.9 Å². The first-order valence-corrected chi connectivity index (χ1v) is 6.55. The molecule has 1 N–H and O–H groups in total. The van der Waals surface area contributed by atoms with Crippen molar-refractivity contribution in [2.45, 2.75) is 19.1 Å². The molecule has 95 valence electrons. The van der Waals surface area contributed by atoms with Crippen LogP contribution in [0.4, 0.5) is 11.4 Å². The van der Waals surface area contributed by atoms with E-state index in [4.69, 9.17) is 6.42 Å². The van der Waals surface area contributed by atoms with Crippen molar-refractivity contribution in [1.29, 1.82) is 0 Å². The Bertz CT molecular complexity index is 614. The Morgan fingerprint density at radius 1 is 1.44 bits per heavy atom. The van der Waals surface area contributed by atoms with E-state index in [0.29, 0.717) is 0 Å². The maximum absolute atomic E-state index is 11.7. The van der Waals surface area contributed by atoms with Gasteiger partial charge in [0.05, 0.1) is 10.2 Å². The predicted molar refractivity (Wildman–Crippen MR) is 67.0 cm³/mol. The average Bonchev–Trinajstić information content (AvgIpc) is 2.27. The summed E-state index contributed by atoms with van der Waals surface area (Å²) in [5.74, 6) is 2.04. The van der Waals surface area contributed by atoms with Gasteiger partial charge in [-0.05, 0) is 32.4 Å². The molecule has 0 saturated heterocycles. The molecule has 6 nitrogen and oxygen atoms in total. The number of rotatable bonds is 4. The molecule has 0 aliphatic heterocycles. The van der Waals surface area contributed by atoms with E-state index in [1.54, 1.807) is 0 Å². The van der Waals surface area contributed by atoms with Crippen molar-refractivity contribution in [3.8, 4) is 5.92 Å². The minimum atomic E-state index is -3.68. The lowest BCUT2D eigenvalue weighted by Crippen LogP contribution is -2.23. The van der Waals surface area contributed by atoms with Crippen LogP contribution in [0.5, 0.6) is 0 Å². The van der Waals surface area contributed by atoms with E-state index in [1.165, 1.54) is 26.0 Å². The Morgan fingerprint density at radius 3 is 2.50 bits per heavy atom. The molecule has 0 aliphatic carbocycles. The van der Waals surface area contributed by atoms with Crippen LogP contribution in [0.3, 0.4) is 0 Å². The predicted octanol–water partition coefficient (Wildman–Crippen LogP) is 1.68. The van der Waals surface area contributed by atoms with Crippen LogP contribution in [-0.4, -0.2) is 18.6 Å². The summed E-state index contributed by atoms with van der Waals surface area (Å²) in [7, 11) is -3.68. The van der Waals surface area contributed by atoms with Crippen molar-refractivity contribution in [2.75, 3.05) is 4.72 Å². The standard InChI is InChI=1S/C11H11N2O4S/c1-4-9-5-6-11(13(14)15)10(7-9)12-18(16,17)8(2)3/h5-8,12H,2-3H3. The molecule has 0 heterocycles. The maximum atomic E-state index is 11.7. The van der Waals surface area contributed by atoms with Crippen molar-refractivity contribution < 1.29 is 13.3 Å². The molecule has 7 heteroatoms. The summed E-state index contributed by atoms with van der Waals surface area (Å²) in [6.07, 6.45) is 6.94. The van der Waals surface area contributed by atoms with Crippen LogP contribution in [-0.2, 0) is 10.0 Å². The Labute approximate surface area is 105 Å². The molecule has 0 fully saturated rings. The molecule has 1 radical (unpaired) electrons. The topological polar surface area (TPSA) is 89.3 Å². The third-order valence-electron chi connectivity index (χ3n) is 2.21. The SMILES string of the molecule is [C]#Cc1ccc([N+](=O)[O-])c(NS(=O)(=O)C(C)C)c1. The van der Waals surface area contributed by atoms with E-state index < -0.39 is 20.2 Å². The summed E-state index contributed by atoms with van der Waals surface area (Å²) in [6.45, 7) is 2.92. The summed E-state index contributed by atoms with van der Waals surface area (Å²) in [5, 5.41) is 10.1. The molecule has 0 aromatic heterocycles. The number of nitrogens with zero attached hydrogens (tertiary/aromatic N) is 1. The molecular formula is C11H11N2O4S. The van der Waals surface area contributed by atoms with Gasteiger partial charge >= 0.3 is 0 Å². The second kappa shape index (κ2) is 5.06. The second-order valence-electron chi connectivity index (χ2n) is 3.81. The minimum absolute atomic E-state index is 0.161. The number of nitro groups is 1. The van der Waals surface area contributed by atoms with Crippen molar-refractivity contribution in [1.82, 2.24) is 0 Å². The number of sulfonamides is 1. The Hall–Kier alpha value is -2.07. The van der Waals surface area contributed by atoms with Gasteiger partial charge in [0, 0.05) is 11.6 Å². The Morgan fingerprint density at radius 2 is 2.06 bits per heavy atom. The summed E-state index contributed by atoms with van der Waals surface area (Å²) in [4.78, 5) is 10.1. The smallest absolute Gasteiger partial charge is 0.277 e. The Balaban J connectivity index is 3.30. The fraction of sp³-hybridized carbons (Fsp3) is 0.273. The highest BCUT2D eigenvalue weighted by molar-refractivity contribution is 7.93. The monoisotopic (exact) mass is 267 g/mol. The normalized spacial score (nSPS) is 11.0. The van der Waals surface area contributed by atoms with Gasteiger partial charge in [-0.25, -0.2) is 8.42 Å². The van der Waals surface area contributed by atoms with Gasteiger partial charge in [-0.2, -0.15) is 0 Å². The molecule has 18 heavy (non-hydrogen) atoms. The summed E-state index contributed by atoms with van der Waals surface area (Å²) >= 11 is 0. The fourth-order valence-electron chi connectivity index (χ4n) is 1.13. The molecular weight excluding hydrogens is 256 g/mol. The van der Waals surface area contributed by atoms with Crippen molar-refractivity contribution >= 4 is 21.4 Å². The van der Waals surface area contributed by atoms with Crippen LogP contribution in [0, 0.1) is 22.5 Å². The molecule has 0 aliphatic rings. The largest absolute Gasteiger partial charge is 0.293 e. The zero-order chi connectivity index (χ0) is 13.9. The van der Waals surface area contributed by atoms with Gasteiger partial charge in [0.1, 0.15) is 5.69 Å². The Kier molecular flexibility index (Phi) is 3.93. The molecule has 1 aromatic rings. The molecule has 1 rings (SSSR count). The number of nitro benzene ring substituents is 1. The van der Waals surface area contributed by atoms with Crippen LogP contribution in [0.25, 0.3) is 0 Å². The summed E-state index contributed by atoms with van der Waals surface area (Å²) in [6, 6.07) is 3.65. The van der Waals surface area contributed by atoms with Gasteiger partial charge in [-0.1, -0.05) is 5.92 Å². The first-order chi connectivity index (χ1) is 8.27. The zero-order valence-electron chi connectivity index (χ0n) is 9.80. The molecule has 1 aromatic carbocycles. The maximum Gasteiger partial charge on any atom is 0.293 e. The molecule has 0 unspecified atom stereocenters. The van der Waals surface area contributed by atoms with Crippen LogP contribution in [0.2, 0.25) is 0 Å². The summed E-state index contributed by atoms with van der Waals surface area (Å²) in [5.41, 5.74) is -0.272. The van der Waals surface area contributed by atoms with Crippen molar-refractivity contribution in [3.05, 3.63) is 40.3 Å². The van der Waals surface area contributed by atoms with Gasteiger partial charge in [-0.15, -0.1) is 0 Å². The van der Waals surface area contributed by atoms with Crippen molar-refractivity contribution in [2.24, 2.45) is 0 Å². The van der Waals surface area contributed by atoms with Gasteiger partial charge in [-0.3, -0.25) is 14.8 Å². The minimum Gasteiger partial charge on any atom is -0.277 e. The third-order valence-corrected chi connectivity index (χ3v) is 3.96. The molecule has 0 amide bonds. The molecule has 0 bridgehead atoms. The zero-order valence-corrected chi connectivity index (χ0v) is 10.6. The number of benzene rings is 1. The quantitative estimate of drug-likeness (QED) is 0.510. The third kappa shape index (κ3) is 2.99. The number of hydrogen-bond donors (Lipinski definition) is 1. The van der Waals surface area contributed by atoms with E-state index >= 15 is 0 Å². The first-order valence-electron chi connectivity index (χ1n) is 5.00. The highest BCUT2D eigenvalue weighted by Gasteiger charge is 2.21. The lowest BCUT2D eigenvalue weighted by molar-refractivity contribution is -0.383. The van der Waals surface area contributed by atoms with Gasteiger partial charge < -0.3 is 0 Å². The molecule has 0 atom stereocenters. The van der Waals surface area contributed by atoms with E-state index in [9.17, 15) is 18.5 Å². The number of anilines is 1. The highest BCUT2D eigenvalue weighted by atomic mass is 32.2. The van der Waals surface area contributed by atoms with Crippen LogP contribution < -0.4 is 4.72 Å². The fourth-order valence-corrected chi connectivity index (χ4v) is 1.83.